The molecule has 2 aromatic rings. The molecule has 0 saturated heterocycles. The van der Waals surface area contributed by atoms with Gasteiger partial charge < -0.3 is 10.2 Å². The molecule has 0 amide bonds. The highest BCUT2D eigenvalue weighted by Gasteiger charge is 1.99. The van der Waals surface area contributed by atoms with E-state index in [9.17, 15) is 9.63 Å². The smallest absolute Gasteiger partial charge is 0.176 e. The van der Waals surface area contributed by atoms with E-state index >= 15 is 0 Å². The number of halogens is 1. The molecular formula is C14H11FO3. The van der Waals surface area contributed by atoms with Crippen LogP contribution in [0.2, 0.25) is 0 Å². The fourth-order valence-electron chi connectivity index (χ4n) is 1.52. The van der Waals surface area contributed by atoms with Crippen LogP contribution >= 0.6 is 0 Å². The molecule has 2 N–H and O–H groups in total. The highest BCUT2D eigenvalue weighted by atomic mass is 19.3. The molecule has 0 radical (unpaired) electrons. The van der Waals surface area contributed by atoms with Crippen LogP contribution in [-0.4, -0.2) is 10.2 Å². The second-order valence-electron chi connectivity index (χ2n) is 3.76. The lowest BCUT2D eigenvalue weighted by Crippen LogP contribution is -1.79. The summed E-state index contributed by atoms with van der Waals surface area (Å²) in [6, 6.07) is 10.7. The molecule has 0 aliphatic rings. The van der Waals surface area contributed by atoms with Gasteiger partial charge in [-0.05, 0) is 35.4 Å². The van der Waals surface area contributed by atoms with Gasteiger partial charge in [0.25, 0.3) is 0 Å². The van der Waals surface area contributed by atoms with Gasteiger partial charge in [-0.1, -0.05) is 24.3 Å². The third-order valence-electron chi connectivity index (χ3n) is 2.36. The van der Waals surface area contributed by atoms with E-state index in [0.717, 1.165) is 5.56 Å². The van der Waals surface area contributed by atoms with Gasteiger partial charge in [0.05, 0.1) is 0 Å². The molecule has 0 bridgehead atoms. The number of benzene rings is 2. The van der Waals surface area contributed by atoms with E-state index in [1.54, 1.807) is 36.4 Å². The van der Waals surface area contributed by atoms with E-state index in [0.29, 0.717) is 5.56 Å². The van der Waals surface area contributed by atoms with Crippen molar-refractivity contribution in [3.05, 3.63) is 53.6 Å². The van der Waals surface area contributed by atoms with E-state index in [2.05, 4.69) is 4.94 Å². The molecule has 0 aliphatic heterocycles. The minimum absolute atomic E-state index is 0.0552. The molecular weight excluding hydrogens is 235 g/mol. The Kier molecular flexibility index (Phi) is 3.48. The highest BCUT2D eigenvalue weighted by Crippen LogP contribution is 2.23. The number of phenols is 2. The maximum atomic E-state index is 12.0. The molecule has 2 rings (SSSR count). The largest absolute Gasteiger partial charge is 0.508 e. The lowest BCUT2D eigenvalue weighted by Gasteiger charge is -1.99. The molecule has 0 fully saturated rings. The van der Waals surface area contributed by atoms with Gasteiger partial charge in [-0.25, -0.2) is 0 Å². The van der Waals surface area contributed by atoms with Crippen LogP contribution in [0.5, 0.6) is 17.2 Å². The molecule has 0 aromatic heterocycles. The Hall–Kier alpha value is -2.49. The summed E-state index contributed by atoms with van der Waals surface area (Å²) in [6.45, 7) is 0. The molecule has 0 unspecified atom stereocenters. The van der Waals surface area contributed by atoms with Crippen molar-refractivity contribution in [3.8, 4) is 17.2 Å². The minimum atomic E-state index is -0.0736. The molecule has 0 heterocycles. The van der Waals surface area contributed by atoms with Crippen LogP contribution in [0.25, 0.3) is 12.2 Å². The first kappa shape index (κ1) is 12.0. The zero-order valence-corrected chi connectivity index (χ0v) is 9.38. The first-order valence-electron chi connectivity index (χ1n) is 5.27. The standard InChI is InChI=1S/C14H11FO3/c15-18-14-8-11(7-13(17)9-14)2-1-10-3-5-12(16)6-4-10/h1-9,16-17H/b2-1-. The minimum Gasteiger partial charge on any atom is -0.508 e. The second kappa shape index (κ2) is 5.23. The van der Waals surface area contributed by atoms with Crippen molar-refractivity contribution in [1.82, 2.24) is 0 Å². The highest BCUT2D eigenvalue weighted by molar-refractivity contribution is 5.71. The van der Waals surface area contributed by atoms with Gasteiger partial charge in [-0.15, -0.1) is 0 Å². The van der Waals surface area contributed by atoms with Gasteiger partial charge in [0.2, 0.25) is 0 Å². The zero-order chi connectivity index (χ0) is 13.0. The summed E-state index contributed by atoms with van der Waals surface area (Å²) < 4.78 is 12.0. The van der Waals surface area contributed by atoms with Crippen LogP contribution < -0.4 is 4.94 Å². The van der Waals surface area contributed by atoms with Crippen molar-refractivity contribution in [3.63, 3.8) is 0 Å². The van der Waals surface area contributed by atoms with Crippen LogP contribution in [0.4, 0.5) is 4.53 Å². The summed E-state index contributed by atoms with van der Waals surface area (Å²) >= 11 is 0. The Labute approximate surface area is 103 Å². The van der Waals surface area contributed by atoms with Gasteiger partial charge in [-0.2, -0.15) is 0 Å². The summed E-state index contributed by atoms with van der Waals surface area (Å²) in [5, 5.41) is 18.5. The van der Waals surface area contributed by atoms with Gasteiger partial charge in [0.15, 0.2) is 5.75 Å². The quantitative estimate of drug-likeness (QED) is 0.814. The van der Waals surface area contributed by atoms with E-state index in [1.165, 1.54) is 18.2 Å². The SMILES string of the molecule is Oc1ccc(/C=C\c2cc(O)cc(OF)c2)cc1. The molecule has 18 heavy (non-hydrogen) atoms. The summed E-state index contributed by atoms with van der Waals surface area (Å²) in [6.07, 6.45) is 3.48. The number of rotatable bonds is 3. The van der Waals surface area contributed by atoms with Crippen molar-refractivity contribution >= 4 is 12.2 Å². The van der Waals surface area contributed by atoms with Crippen LogP contribution in [0.3, 0.4) is 0 Å². The Balaban J connectivity index is 2.22. The predicted octanol–water partition coefficient (Wildman–Crippen LogP) is 3.53. The second-order valence-corrected chi connectivity index (χ2v) is 3.76. The molecule has 0 atom stereocenters. The fraction of sp³-hybridized carbons (Fsp3) is 0. The van der Waals surface area contributed by atoms with Crippen molar-refractivity contribution in [1.29, 1.82) is 0 Å². The normalized spacial score (nSPS) is 10.7. The van der Waals surface area contributed by atoms with Crippen molar-refractivity contribution in [2.75, 3.05) is 0 Å². The first-order chi connectivity index (χ1) is 8.67. The summed E-state index contributed by atoms with van der Waals surface area (Å²) in [7, 11) is 0. The topological polar surface area (TPSA) is 49.7 Å². The Morgan fingerprint density at radius 2 is 1.50 bits per heavy atom. The Morgan fingerprint density at radius 3 is 2.17 bits per heavy atom. The molecule has 4 heteroatoms. The maximum absolute atomic E-state index is 12.0. The summed E-state index contributed by atoms with van der Waals surface area (Å²) in [4.78, 5) is 3.58. The van der Waals surface area contributed by atoms with Gasteiger partial charge in [-0.3, -0.25) is 4.94 Å². The summed E-state index contributed by atoms with van der Waals surface area (Å²) in [5.41, 5.74) is 1.48. The number of aromatic hydroxyl groups is 2. The van der Waals surface area contributed by atoms with Gasteiger partial charge >= 0.3 is 0 Å². The van der Waals surface area contributed by atoms with Crippen molar-refractivity contribution < 1.29 is 19.7 Å². The van der Waals surface area contributed by atoms with Crippen molar-refractivity contribution in [2.45, 2.75) is 0 Å². The van der Waals surface area contributed by atoms with Crippen LogP contribution in [0, 0.1) is 0 Å². The summed E-state index contributed by atoms with van der Waals surface area (Å²) in [5.74, 6) is 0.0634. The Morgan fingerprint density at radius 1 is 0.833 bits per heavy atom. The fourth-order valence-corrected chi connectivity index (χ4v) is 1.52. The van der Waals surface area contributed by atoms with E-state index in [-0.39, 0.29) is 17.2 Å². The predicted molar refractivity (Wildman–Crippen MR) is 66.9 cm³/mol. The van der Waals surface area contributed by atoms with Gasteiger partial charge in [0, 0.05) is 10.6 Å². The van der Waals surface area contributed by atoms with Gasteiger partial charge in [0.1, 0.15) is 11.5 Å². The zero-order valence-electron chi connectivity index (χ0n) is 9.38. The average Bonchev–Trinajstić information content (AvgIpc) is 2.37. The van der Waals surface area contributed by atoms with Crippen molar-refractivity contribution in [2.24, 2.45) is 0 Å². The van der Waals surface area contributed by atoms with E-state index in [4.69, 9.17) is 5.11 Å². The number of hydrogen-bond donors (Lipinski definition) is 2. The molecule has 92 valence electrons. The molecule has 2 aromatic carbocycles. The first-order valence-corrected chi connectivity index (χ1v) is 5.27. The molecule has 3 nitrogen and oxygen atoms in total. The number of phenolic OH excluding ortho intramolecular Hbond substituents is 2. The van der Waals surface area contributed by atoms with Crippen LogP contribution in [0.15, 0.2) is 42.5 Å². The van der Waals surface area contributed by atoms with Crippen LogP contribution in [0.1, 0.15) is 11.1 Å². The monoisotopic (exact) mass is 246 g/mol. The lowest BCUT2D eigenvalue weighted by molar-refractivity contribution is -0.00643. The average molecular weight is 246 g/mol. The van der Waals surface area contributed by atoms with E-state index < -0.39 is 0 Å². The lowest BCUT2D eigenvalue weighted by atomic mass is 10.1. The third kappa shape index (κ3) is 3.01. The molecule has 0 saturated carbocycles. The molecule has 0 spiro atoms. The third-order valence-corrected chi connectivity index (χ3v) is 2.36. The Bertz CT molecular complexity index is 562. The maximum Gasteiger partial charge on any atom is 0.176 e. The molecule has 0 aliphatic carbocycles. The number of hydrogen-bond acceptors (Lipinski definition) is 3. The van der Waals surface area contributed by atoms with Crippen LogP contribution in [-0.2, 0) is 0 Å². The van der Waals surface area contributed by atoms with E-state index in [1.807, 2.05) is 0 Å².